The lowest BCUT2D eigenvalue weighted by molar-refractivity contribution is -0.186. The number of carbonyl (C=O) groups is 1. The molecule has 0 atom stereocenters. The Labute approximate surface area is 149 Å². The van der Waals surface area contributed by atoms with Crippen molar-refractivity contribution in [2.24, 2.45) is 5.92 Å². The normalized spacial score (nSPS) is 17.0. The van der Waals surface area contributed by atoms with Gasteiger partial charge in [-0.1, -0.05) is 22.0 Å². The van der Waals surface area contributed by atoms with Gasteiger partial charge in [0, 0.05) is 24.0 Å². The van der Waals surface area contributed by atoms with Gasteiger partial charge in [0.25, 0.3) is 0 Å². The van der Waals surface area contributed by atoms with Gasteiger partial charge >= 0.3 is 12.4 Å². The van der Waals surface area contributed by atoms with E-state index < -0.39 is 23.8 Å². The van der Waals surface area contributed by atoms with Gasteiger partial charge in [-0.05, 0) is 37.0 Å². The number of alkyl halides is 6. The molecule has 1 aromatic carbocycles. The van der Waals surface area contributed by atoms with Crippen molar-refractivity contribution < 1.29 is 31.1 Å². The third-order valence-corrected chi connectivity index (χ3v) is 5.04. The Hall–Kier alpha value is -1.25. The first-order valence-corrected chi connectivity index (χ1v) is 8.48. The highest BCUT2D eigenvalue weighted by molar-refractivity contribution is 9.10. The van der Waals surface area contributed by atoms with Crippen molar-refractivity contribution in [3.8, 4) is 0 Å². The minimum atomic E-state index is -4.44. The van der Waals surface area contributed by atoms with E-state index in [1.165, 1.54) is 11.0 Å². The fraction of sp³-hybridized carbons (Fsp3) is 0.562. The van der Waals surface area contributed by atoms with Crippen molar-refractivity contribution in [3.63, 3.8) is 0 Å². The van der Waals surface area contributed by atoms with E-state index >= 15 is 0 Å². The van der Waals surface area contributed by atoms with Crippen LogP contribution in [0.25, 0.3) is 0 Å². The second kappa shape index (κ2) is 7.55. The van der Waals surface area contributed by atoms with Gasteiger partial charge in [0.15, 0.2) is 0 Å². The third kappa shape index (κ3) is 5.36. The summed E-state index contributed by atoms with van der Waals surface area (Å²) in [6.45, 7) is 0.106. The van der Waals surface area contributed by atoms with Gasteiger partial charge in [-0.2, -0.15) is 26.3 Å². The summed E-state index contributed by atoms with van der Waals surface area (Å²) < 4.78 is 75.9. The molecular weight excluding hydrogens is 416 g/mol. The quantitative estimate of drug-likeness (QED) is 0.602. The topological polar surface area (TPSA) is 20.3 Å². The van der Waals surface area contributed by atoms with Crippen molar-refractivity contribution in [1.29, 1.82) is 0 Å². The molecule has 0 aromatic heterocycles. The van der Waals surface area contributed by atoms with E-state index in [0.29, 0.717) is 5.56 Å². The maximum Gasteiger partial charge on any atom is 0.416 e. The molecular formula is C16H16BrF6NO. The fourth-order valence-corrected chi connectivity index (χ4v) is 3.36. The zero-order chi connectivity index (χ0) is 18.8. The van der Waals surface area contributed by atoms with Crippen LogP contribution < -0.4 is 0 Å². The second-order valence-corrected chi connectivity index (χ2v) is 6.85. The van der Waals surface area contributed by atoms with E-state index in [4.69, 9.17) is 0 Å². The average Bonchev–Trinajstić information content (AvgIpc) is 2.51. The lowest BCUT2D eigenvalue weighted by Gasteiger charge is -2.33. The van der Waals surface area contributed by atoms with Crippen molar-refractivity contribution in [3.05, 3.63) is 33.8 Å². The Morgan fingerprint density at radius 1 is 1.12 bits per heavy atom. The molecule has 1 aliphatic heterocycles. The highest BCUT2D eigenvalue weighted by Crippen LogP contribution is 2.35. The van der Waals surface area contributed by atoms with Crippen LogP contribution in [0.2, 0.25) is 0 Å². The van der Waals surface area contributed by atoms with E-state index in [9.17, 15) is 31.1 Å². The minimum Gasteiger partial charge on any atom is -0.343 e. The van der Waals surface area contributed by atoms with Crippen LogP contribution in [0.4, 0.5) is 26.3 Å². The Morgan fingerprint density at radius 3 is 2.20 bits per heavy atom. The lowest BCUT2D eigenvalue weighted by atomic mass is 9.96. The molecule has 1 heterocycles. The zero-order valence-electron chi connectivity index (χ0n) is 13.1. The number of hydrogen-bond donors (Lipinski definition) is 0. The number of aryl methyl sites for hydroxylation is 1. The van der Waals surface area contributed by atoms with Crippen LogP contribution in [0.15, 0.2) is 22.7 Å². The van der Waals surface area contributed by atoms with Crippen LogP contribution in [0.1, 0.15) is 30.4 Å². The molecule has 0 N–H and O–H groups in total. The van der Waals surface area contributed by atoms with E-state index in [1.807, 2.05) is 0 Å². The van der Waals surface area contributed by atoms with E-state index in [-0.39, 0.29) is 49.2 Å². The highest BCUT2D eigenvalue weighted by atomic mass is 79.9. The maximum atomic E-state index is 12.6. The minimum absolute atomic E-state index is 0.0423. The SMILES string of the molecule is O=C(CCc1ccc(C(F)(F)F)cc1Br)N1CCC(C(F)(F)F)CC1. The van der Waals surface area contributed by atoms with E-state index in [0.717, 1.165) is 12.1 Å². The van der Waals surface area contributed by atoms with Gasteiger partial charge in [0.1, 0.15) is 0 Å². The number of piperidine rings is 1. The molecule has 1 aromatic rings. The molecule has 1 aliphatic rings. The maximum absolute atomic E-state index is 12.6. The predicted octanol–water partition coefficient (Wildman–Crippen LogP) is 5.20. The molecule has 1 fully saturated rings. The number of benzene rings is 1. The smallest absolute Gasteiger partial charge is 0.343 e. The number of rotatable bonds is 3. The van der Waals surface area contributed by atoms with Gasteiger partial charge in [0.2, 0.25) is 5.91 Å². The first kappa shape index (κ1) is 20.1. The molecule has 0 spiro atoms. The summed E-state index contributed by atoms with van der Waals surface area (Å²) in [7, 11) is 0. The molecule has 1 amide bonds. The van der Waals surface area contributed by atoms with Gasteiger partial charge in [0.05, 0.1) is 11.5 Å². The van der Waals surface area contributed by atoms with Crippen LogP contribution in [0.3, 0.4) is 0 Å². The zero-order valence-corrected chi connectivity index (χ0v) is 14.6. The number of hydrogen-bond acceptors (Lipinski definition) is 1. The van der Waals surface area contributed by atoms with Gasteiger partial charge in [-0.25, -0.2) is 0 Å². The van der Waals surface area contributed by atoms with Crippen LogP contribution in [-0.2, 0) is 17.4 Å². The molecule has 0 aliphatic carbocycles. The number of nitrogens with zero attached hydrogens (tertiary/aromatic N) is 1. The number of carbonyl (C=O) groups excluding carboxylic acids is 1. The van der Waals surface area contributed by atoms with Crippen molar-refractivity contribution in [1.82, 2.24) is 4.90 Å². The summed E-state index contributed by atoms with van der Waals surface area (Å²) in [6, 6.07) is 3.20. The molecule has 1 saturated heterocycles. The fourth-order valence-electron chi connectivity index (χ4n) is 2.78. The van der Waals surface area contributed by atoms with Gasteiger partial charge in [-0.3, -0.25) is 4.79 Å². The number of halogens is 7. The lowest BCUT2D eigenvalue weighted by Crippen LogP contribution is -2.42. The molecule has 0 radical (unpaired) electrons. The summed E-state index contributed by atoms with van der Waals surface area (Å²) in [5.74, 6) is -1.66. The van der Waals surface area contributed by atoms with Crippen LogP contribution in [0, 0.1) is 5.92 Å². The Kier molecular flexibility index (Phi) is 6.06. The summed E-state index contributed by atoms with van der Waals surface area (Å²) >= 11 is 3.07. The van der Waals surface area contributed by atoms with Crippen molar-refractivity contribution >= 4 is 21.8 Å². The summed E-state index contributed by atoms with van der Waals surface area (Å²) in [6.07, 6.45) is -8.64. The van der Waals surface area contributed by atoms with Crippen LogP contribution in [-0.4, -0.2) is 30.1 Å². The van der Waals surface area contributed by atoms with Gasteiger partial charge < -0.3 is 4.90 Å². The highest BCUT2D eigenvalue weighted by Gasteiger charge is 2.41. The largest absolute Gasteiger partial charge is 0.416 e. The first-order chi connectivity index (χ1) is 11.5. The first-order valence-electron chi connectivity index (χ1n) is 7.68. The molecule has 2 rings (SSSR count). The van der Waals surface area contributed by atoms with Crippen molar-refractivity contribution in [2.75, 3.05) is 13.1 Å². The summed E-state index contributed by atoms with van der Waals surface area (Å²) in [4.78, 5) is 13.5. The third-order valence-electron chi connectivity index (χ3n) is 4.30. The molecule has 2 nitrogen and oxygen atoms in total. The molecule has 0 bridgehead atoms. The van der Waals surface area contributed by atoms with Crippen LogP contribution in [0.5, 0.6) is 0 Å². The summed E-state index contributed by atoms with van der Waals surface area (Å²) in [5.41, 5.74) is -0.241. The molecule has 140 valence electrons. The monoisotopic (exact) mass is 431 g/mol. The average molecular weight is 432 g/mol. The Bertz CT molecular complexity index is 620. The number of amides is 1. The molecule has 0 saturated carbocycles. The van der Waals surface area contributed by atoms with E-state index in [2.05, 4.69) is 15.9 Å². The molecule has 9 heteroatoms. The Morgan fingerprint density at radius 2 is 1.72 bits per heavy atom. The van der Waals surface area contributed by atoms with E-state index in [1.54, 1.807) is 0 Å². The molecule has 25 heavy (non-hydrogen) atoms. The predicted molar refractivity (Wildman–Crippen MR) is 82.8 cm³/mol. The second-order valence-electron chi connectivity index (χ2n) is 6.00. The number of likely N-dealkylation sites (tertiary alicyclic amines) is 1. The standard InChI is InChI=1S/C16H16BrF6NO/c17-13-9-12(16(21,22)23)3-1-10(13)2-4-14(25)24-7-5-11(6-8-24)15(18,19)20/h1,3,9,11H,2,4-8H2. The Balaban J connectivity index is 1.89. The van der Waals surface area contributed by atoms with Crippen molar-refractivity contribution in [2.45, 2.75) is 38.0 Å². The van der Waals surface area contributed by atoms with Gasteiger partial charge in [-0.15, -0.1) is 0 Å². The van der Waals surface area contributed by atoms with Crippen LogP contribution >= 0.6 is 15.9 Å². The molecule has 0 unspecified atom stereocenters. The summed E-state index contributed by atoms with van der Waals surface area (Å²) in [5, 5.41) is 0.